The Bertz CT molecular complexity index is 652. The van der Waals surface area contributed by atoms with Crippen molar-refractivity contribution < 1.29 is 19.4 Å². The molecule has 0 aliphatic rings. The zero-order chi connectivity index (χ0) is 15.4. The summed E-state index contributed by atoms with van der Waals surface area (Å²) in [4.78, 5) is 15.3. The summed E-state index contributed by atoms with van der Waals surface area (Å²) in [6.07, 6.45) is 4.16. The van der Waals surface area contributed by atoms with Crippen LogP contribution in [-0.2, 0) is 13.5 Å². The number of carboxylic acids is 1. The van der Waals surface area contributed by atoms with E-state index in [0.29, 0.717) is 24.5 Å². The van der Waals surface area contributed by atoms with Crippen LogP contribution in [0.25, 0.3) is 0 Å². The molecule has 21 heavy (non-hydrogen) atoms. The third-order valence-corrected chi connectivity index (χ3v) is 3.07. The molecule has 2 aromatic rings. The largest absolute Gasteiger partial charge is 0.493 e. The number of ether oxygens (including phenoxy) is 2. The minimum Gasteiger partial charge on any atom is -0.493 e. The molecule has 0 aliphatic carbocycles. The third-order valence-electron chi connectivity index (χ3n) is 3.07. The fourth-order valence-corrected chi connectivity index (χ4v) is 1.92. The molecule has 0 atom stereocenters. The maximum Gasteiger partial charge on any atom is 0.337 e. The fraction of sp³-hybridized carbons (Fsp3) is 0.286. The predicted molar refractivity (Wildman–Crippen MR) is 76.8 cm³/mol. The van der Waals surface area contributed by atoms with E-state index >= 15 is 0 Å². The highest BCUT2D eigenvalue weighted by Gasteiger charge is 2.15. The van der Waals surface area contributed by atoms with Crippen LogP contribution in [0.5, 0.6) is 11.5 Å². The standard InChI is InChI=1S/C14H17N3O4/c1-17-5-4-16-13(17)3-6-21-12-7-9(14(18)19)10(15)8-11(12)20-2/h4-5,7-8H,3,6,15H2,1-2H3,(H,18,19). The number of benzene rings is 1. The highest BCUT2D eigenvalue weighted by molar-refractivity contribution is 5.94. The smallest absolute Gasteiger partial charge is 0.337 e. The van der Waals surface area contributed by atoms with Crippen LogP contribution >= 0.6 is 0 Å². The highest BCUT2D eigenvalue weighted by atomic mass is 16.5. The summed E-state index contributed by atoms with van der Waals surface area (Å²) in [6.45, 7) is 0.351. The predicted octanol–water partition coefficient (Wildman–Crippen LogP) is 1.33. The lowest BCUT2D eigenvalue weighted by Crippen LogP contribution is -2.09. The van der Waals surface area contributed by atoms with Crippen molar-refractivity contribution in [1.82, 2.24) is 9.55 Å². The van der Waals surface area contributed by atoms with Gasteiger partial charge in [-0.2, -0.15) is 0 Å². The van der Waals surface area contributed by atoms with Gasteiger partial charge in [-0.1, -0.05) is 0 Å². The van der Waals surface area contributed by atoms with Crippen LogP contribution in [0.3, 0.4) is 0 Å². The van der Waals surface area contributed by atoms with Crippen molar-refractivity contribution in [2.75, 3.05) is 19.5 Å². The number of imidazole rings is 1. The maximum atomic E-state index is 11.1. The van der Waals surface area contributed by atoms with Crippen LogP contribution < -0.4 is 15.2 Å². The average molecular weight is 291 g/mol. The van der Waals surface area contributed by atoms with E-state index in [1.54, 1.807) is 6.20 Å². The second-order valence-corrected chi connectivity index (χ2v) is 4.45. The van der Waals surface area contributed by atoms with Crippen molar-refractivity contribution in [3.8, 4) is 11.5 Å². The number of aromatic nitrogens is 2. The molecule has 1 aromatic heterocycles. The van der Waals surface area contributed by atoms with Crippen molar-refractivity contribution in [2.24, 2.45) is 7.05 Å². The number of carbonyl (C=O) groups is 1. The van der Waals surface area contributed by atoms with Crippen molar-refractivity contribution in [2.45, 2.75) is 6.42 Å². The Morgan fingerprint density at radius 1 is 1.43 bits per heavy atom. The fourth-order valence-electron chi connectivity index (χ4n) is 1.92. The van der Waals surface area contributed by atoms with Gasteiger partial charge in [0.25, 0.3) is 0 Å². The summed E-state index contributed by atoms with van der Waals surface area (Å²) in [5, 5.41) is 9.08. The molecule has 7 heteroatoms. The summed E-state index contributed by atoms with van der Waals surface area (Å²) in [7, 11) is 3.37. The SMILES string of the molecule is COc1cc(N)c(C(=O)O)cc1OCCc1nccn1C. The van der Waals surface area contributed by atoms with Gasteiger partial charge in [-0.15, -0.1) is 0 Å². The van der Waals surface area contributed by atoms with Crippen molar-refractivity contribution in [3.63, 3.8) is 0 Å². The number of carboxylic acid groups (broad SMARTS) is 1. The zero-order valence-electron chi connectivity index (χ0n) is 11.9. The van der Waals surface area contributed by atoms with E-state index in [1.165, 1.54) is 19.2 Å². The zero-order valence-corrected chi connectivity index (χ0v) is 11.9. The number of nitrogens with two attached hydrogens (primary N) is 1. The number of aryl methyl sites for hydroxylation is 1. The first-order valence-electron chi connectivity index (χ1n) is 6.32. The Balaban J connectivity index is 2.13. The first kappa shape index (κ1) is 14.7. The Morgan fingerprint density at radius 3 is 2.76 bits per heavy atom. The molecule has 2 rings (SSSR count). The molecule has 3 N–H and O–H groups in total. The summed E-state index contributed by atoms with van der Waals surface area (Å²) in [6, 6.07) is 2.81. The molecular formula is C14H17N3O4. The van der Waals surface area contributed by atoms with Crippen LogP contribution in [0.4, 0.5) is 5.69 Å². The summed E-state index contributed by atoms with van der Waals surface area (Å²) in [5.41, 5.74) is 5.79. The molecule has 1 heterocycles. The van der Waals surface area contributed by atoms with E-state index in [1.807, 2.05) is 17.8 Å². The van der Waals surface area contributed by atoms with Gasteiger partial charge < -0.3 is 24.9 Å². The molecule has 112 valence electrons. The second kappa shape index (κ2) is 6.17. The van der Waals surface area contributed by atoms with Crippen molar-refractivity contribution in [3.05, 3.63) is 35.9 Å². The van der Waals surface area contributed by atoms with Crippen LogP contribution in [-0.4, -0.2) is 34.3 Å². The van der Waals surface area contributed by atoms with Gasteiger partial charge in [0.1, 0.15) is 5.82 Å². The van der Waals surface area contributed by atoms with Crippen LogP contribution in [0, 0.1) is 0 Å². The normalized spacial score (nSPS) is 10.4. The number of nitrogens with zero attached hydrogens (tertiary/aromatic N) is 2. The van der Waals surface area contributed by atoms with Gasteiger partial charge in [0.2, 0.25) is 0 Å². The van der Waals surface area contributed by atoms with Gasteiger partial charge in [-0.25, -0.2) is 9.78 Å². The molecule has 0 aliphatic heterocycles. The van der Waals surface area contributed by atoms with Crippen molar-refractivity contribution in [1.29, 1.82) is 0 Å². The number of rotatable bonds is 6. The first-order chi connectivity index (χ1) is 10.0. The lowest BCUT2D eigenvalue weighted by molar-refractivity contribution is 0.0697. The van der Waals surface area contributed by atoms with Gasteiger partial charge in [0.15, 0.2) is 11.5 Å². The lowest BCUT2D eigenvalue weighted by atomic mass is 10.1. The number of hydrogen-bond donors (Lipinski definition) is 2. The molecular weight excluding hydrogens is 274 g/mol. The molecule has 0 saturated heterocycles. The summed E-state index contributed by atoms with van der Waals surface area (Å²) in [5.74, 6) is 0.516. The number of nitrogen functional groups attached to an aromatic ring is 1. The topological polar surface area (TPSA) is 99.6 Å². The van der Waals surface area contributed by atoms with E-state index < -0.39 is 5.97 Å². The van der Waals surface area contributed by atoms with E-state index in [-0.39, 0.29) is 11.3 Å². The quantitative estimate of drug-likeness (QED) is 0.779. The van der Waals surface area contributed by atoms with E-state index in [2.05, 4.69) is 4.98 Å². The van der Waals surface area contributed by atoms with Gasteiger partial charge in [0, 0.05) is 38.0 Å². The second-order valence-electron chi connectivity index (χ2n) is 4.45. The monoisotopic (exact) mass is 291 g/mol. The average Bonchev–Trinajstić information content (AvgIpc) is 2.85. The molecule has 0 unspecified atom stereocenters. The van der Waals surface area contributed by atoms with Gasteiger partial charge in [-0.3, -0.25) is 0 Å². The van der Waals surface area contributed by atoms with E-state index in [9.17, 15) is 4.79 Å². The van der Waals surface area contributed by atoms with Gasteiger partial charge in [0.05, 0.1) is 25.0 Å². The number of methoxy groups -OCH3 is 1. The highest BCUT2D eigenvalue weighted by Crippen LogP contribution is 2.32. The first-order valence-corrected chi connectivity index (χ1v) is 6.32. The van der Waals surface area contributed by atoms with E-state index in [4.69, 9.17) is 20.3 Å². The van der Waals surface area contributed by atoms with Crippen LogP contribution in [0.15, 0.2) is 24.5 Å². The molecule has 7 nitrogen and oxygen atoms in total. The molecule has 0 bridgehead atoms. The lowest BCUT2D eigenvalue weighted by Gasteiger charge is -2.13. The molecule has 0 saturated carbocycles. The molecule has 1 aromatic carbocycles. The Morgan fingerprint density at radius 2 is 2.19 bits per heavy atom. The number of hydrogen-bond acceptors (Lipinski definition) is 5. The molecule has 0 fully saturated rings. The molecule has 0 spiro atoms. The molecule has 0 amide bonds. The van der Waals surface area contributed by atoms with E-state index in [0.717, 1.165) is 5.82 Å². The molecule has 0 radical (unpaired) electrons. The maximum absolute atomic E-state index is 11.1. The Hall–Kier alpha value is -2.70. The Labute approximate surface area is 121 Å². The minimum atomic E-state index is -1.11. The van der Waals surface area contributed by atoms with Crippen LogP contribution in [0.2, 0.25) is 0 Å². The summed E-state index contributed by atoms with van der Waals surface area (Å²) < 4.78 is 12.7. The third kappa shape index (κ3) is 3.25. The van der Waals surface area contributed by atoms with Crippen LogP contribution in [0.1, 0.15) is 16.2 Å². The van der Waals surface area contributed by atoms with Gasteiger partial charge in [-0.05, 0) is 0 Å². The van der Waals surface area contributed by atoms with Crippen molar-refractivity contribution >= 4 is 11.7 Å². The summed E-state index contributed by atoms with van der Waals surface area (Å²) >= 11 is 0. The number of aromatic carboxylic acids is 1. The Kier molecular flexibility index (Phi) is 4.32. The number of anilines is 1. The minimum absolute atomic E-state index is 0.0113. The van der Waals surface area contributed by atoms with Gasteiger partial charge >= 0.3 is 5.97 Å².